The molecule has 0 bridgehead atoms. The summed E-state index contributed by atoms with van der Waals surface area (Å²) in [6, 6.07) is 1.32. The highest BCUT2D eigenvalue weighted by Gasteiger charge is 2.35. The number of amides is 1. The molecule has 19 heavy (non-hydrogen) atoms. The van der Waals surface area contributed by atoms with Crippen molar-refractivity contribution in [3.05, 3.63) is 29.8 Å². The fraction of sp³-hybridized carbons (Fsp3) is 0.462. The van der Waals surface area contributed by atoms with Gasteiger partial charge in [0.2, 0.25) is 0 Å². The van der Waals surface area contributed by atoms with E-state index in [-0.39, 0.29) is 24.8 Å². The van der Waals surface area contributed by atoms with E-state index in [1.165, 1.54) is 17.2 Å². The highest BCUT2D eigenvalue weighted by Crippen LogP contribution is 2.28. The van der Waals surface area contributed by atoms with Gasteiger partial charge in [0, 0.05) is 12.2 Å². The van der Waals surface area contributed by atoms with E-state index in [0.717, 1.165) is 19.0 Å². The molecule has 0 N–H and O–H groups in total. The molecule has 1 heterocycles. The molecule has 0 radical (unpaired) electrons. The standard InChI is InChI=1S/C13H15FN2O3/c1-2-19-12(17)8-16(9-3-4-9)13(18)10-5-6-15-7-11(10)14/h5-7,9H,2-4,8H2,1H3. The molecule has 1 aliphatic carbocycles. The Labute approximate surface area is 110 Å². The Balaban J connectivity index is 2.13. The third-order valence-corrected chi connectivity index (χ3v) is 2.86. The van der Waals surface area contributed by atoms with Gasteiger partial charge in [0.1, 0.15) is 6.54 Å². The monoisotopic (exact) mass is 266 g/mol. The van der Waals surface area contributed by atoms with Gasteiger partial charge >= 0.3 is 5.97 Å². The fourth-order valence-corrected chi connectivity index (χ4v) is 1.80. The number of halogens is 1. The summed E-state index contributed by atoms with van der Waals surface area (Å²) < 4.78 is 18.4. The minimum absolute atomic E-state index is 0.00414. The topological polar surface area (TPSA) is 59.5 Å². The first-order valence-corrected chi connectivity index (χ1v) is 6.19. The molecule has 1 amide bonds. The summed E-state index contributed by atoms with van der Waals surface area (Å²) in [6.07, 6.45) is 4.00. The van der Waals surface area contributed by atoms with Crippen LogP contribution in [0.1, 0.15) is 30.1 Å². The summed E-state index contributed by atoms with van der Waals surface area (Å²) in [5.41, 5.74) is -0.0637. The highest BCUT2D eigenvalue weighted by atomic mass is 19.1. The number of aromatic nitrogens is 1. The van der Waals surface area contributed by atoms with E-state index in [9.17, 15) is 14.0 Å². The molecule has 0 saturated heterocycles. The molecule has 1 aliphatic rings. The Hall–Kier alpha value is -1.98. The second-order valence-corrected chi connectivity index (χ2v) is 4.32. The van der Waals surface area contributed by atoms with Crippen molar-refractivity contribution >= 4 is 11.9 Å². The molecule has 0 aromatic carbocycles. The van der Waals surface area contributed by atoms with Crippen LogP contribution in [0.25, 0.3) is 0 Å². The second-order valence-electron chi connectivity index (χ2n) is 4.32. The number of esters is 1. The van der Waals surface area contributed by atoms with Gasteiger partial charge < -0.3 is 9.64 Å². The van der Waals surface area contributed by atoms with E-state index in [1.54, 1.807) is 6.92 Å². The number of nitrogens with zero attached hydrogens (tertiary/aromatic N) is 2. The van der Waals surface area contributed by atoms with Gasteiger partial charge in [-0.2, -0.15) is 0 Å². The molecule has 5 nitrogen and oxygen atoms in total. The average Bonchev–Trinajstić information content (AvgIpc) is 3.20. The Kier molecular flexibility index (Phi) is 4.09. The third-order valence-electron chi connectivity index (χ3n) is 2.86. The number of carbonyl (C=O) groups excluding carboxylic acids is 2. The largest absolute Gasteiger partial charge is 0.465 e. The van der Waals surface area contributed by atoms with Gasteiger partial charge in [0.15, 0.2) is 5.82 Å². The Morgan fingerprint density at radius 1 is 1.53 bits per heavy atom. The van der Waals surface area contributed by atoms with Crippen molar-refractivity contribution < 1.29 is 18.7 Å². The first kappa shape index (κ1) is 13.5. The zero-order valence-electron chi connectivity index (χ0n) is 10.6. The Morgan fingerprint density at radius 3 is 2.84 bits per heavy atom. The zero-order valence-corrected chi connectivity index (χ0v) is 10.6. The number of ether oxygens (including phenoxy) is 1. The molecule has 102 valence electrons. The van der Waals surface area contributed by atoms with E-state index >= 15 is 0 Å². The lowest BCUT2D eigenvalue weighted by atomic mass is 10.2. The van der Waals surface area contributed by atoms with Crippen LogP contribution in [-0.4, -0.2) is 41.0 Å². The molecule has 1 fully saturated rings. The number of hydrogen-bond acceptors (Lipinski definition) is 4. The lowest BCUT2D eigenvalue weighted by molar-refractivity contribution is -0.144. The van der Waals surface area contributed by atoms with E-state index in [0.29, 0.717) is 0 Å². The smallest absolute Gasteiger partial charge is 0.325 e. The predicted molar refractivity (Wildman–Crippen MR) is 64.9 cm³/mol. The number of rotatable bonds is 5. The molecule has 1 aromatic heterocycles. The predicted octanol–water partition coefficient (Wildman–Crippen LogP) is 1.39. The van der Waals surface area contributed by atoms with Gasteiger partial charge in [-0.05, 0) is 25.8 Å². The van der Waals surface area contributed by atoms with Crippen molar-refractivity contribution in [2.75, 3.05) is 13.2 Å². The molecule has 1 saturated carbocycles. The summed E-state index contributed by atoms with van der Waals surface area (Å²) >= 11 is 0. The first-order valence-electron chi connectivity index (χ1n) is 6.19. The van der Waals surface area contributed by atoms with Gasteiger partial charge in [0.05, 0.1) is 18.4 Å². The van der Waals surface area contributed by atoms with Crippen LogP contribution in [0.4, 0.5) is 4.39 Å². The van der Waals surface area contributed by atoms with Crippen LogP contribution in [0, 0.1) is 5.82 Å². The van der Waals surface area contributed by atoms with Crippen LogP contribution in [0.15, 0.2) is 18.5 Å². The average molecular weight is 266 g/mol. The maximum absolute atomic E-state index is 13.5. The summed E-state index contributed by atoms with van der Waals surface area (Å²) in [7, 11) is 0. The normalized spacial score (nSPS) is 14.0. The van der Waals surface area contributed by atoms with E-state index in [2.05, 4.69) is 4.98 Å². The van der Waals surface area contributed by atoms with Crippen molar-refractivity contribution in [3.63, 3.8) is 0 Å². The highest BCUT2D eigenvalue weighted by molar-refractivity contribution is 5.96. The van der Waals surface area contributed by atoms with Gasteiger partial charge in [0.25, 0.3) is 5.91 Å². The van der Waals surface area contributed by atoms with Crippen molar-refractivity contribution in [2.24, 2.45) is 0 Å². The summed E-state index contributed by atoms with van der Waals surface area (Å²) in [6.45, 7) is 1.82. The molecule has 0 atom stereocenters. The second kappa shape index (κ2) is 5.77. The lowest BCUT2D eigenvalue weighted by Gasteiger charge is -2.21. The fourth-order valence-electron chi connectivity index (χ4n) is 1.80. The van der Waals surface area contributed by atoms with Crippen molar-refractivity contribution in [1.29, 1.82) is 0 Å². The summed E-state index contributed by atoms with van der Waals surface area (Å²) in [4.78, 5) is 28.7. The molecule has 6 heteroatoms. The van der Waals surface area contributed by atoms with Gasteiger partial charge in [-0.15, -0.1) is 0 Å². The van der Waals surface area contributed by atoms with Crippen molar-refractivity contribution in [1.82, 2.24) is 9.88 Å². The van der Waals surface area contributed by atoms with E-state index in [1.807, 2.05) is 0 Å². The molecule has 1 aromatic rings. The third kappa shape index (κ3) is 3.27. The number of hydrogen-bond donors (Lipinski definition) is 0. The molecule has 0 unspecified atom stereocenters. The number of carbonyl (C=O) groups is 2. The van der Waals surface area contributed by atoms with E-state index in [4.69, 9.17) is 4.74 Å². The van der Waals surface area contributed by atoms with Crippen LogP contribution in [0.3, 0.4) is 0 Å². The van der Waals surface area contributed by atoms with Crippen molar-refractivity contribution in [3.8, 4) is 0 Å². The lowest BCUT2D eigenvalue weighted by Crippen LogP contribution is -2.38. The molecule has 0 aliphatic heterocycles. The maximum Gasteiger partial charge on any atom is 0.325 e. The van der Waals surface area contributed by atoms with Crippen molar-refractivity contribution in [2.45, 2.75) is 25.8 Å². The maximum atomic E-state index is 13.5. The minimum Gasteiger partial charge on any atom is -0.465 e. The van der Waals surface area contributed by atoms with Gasteiger partial charge in [-0.25, -0.2) is 4.39 Å². The molecule has 2 rings (SSSR count). The van der Waals surface area contributed by atoms with Gasteiger partial charge in [-0.3, -0.25) is 14.6 Å². The van der Waals surface area contributed by atoms with Crippen LogP contribution in [-0.2, 0) is 9.53 Å². The molecular weight excluding hydrogens is 251 g/mol. The molecular formula is C13H15FN2O3. The van der Waals surface area contributed by atoms with Crippen LogP contribution in [0.5, 0.6) is 0 Å². The molecule has 0 spiro atoms. The zero-order chi connectivity index (χ0) is 13.8. The Bertz CT molecular complexity index is 489. The summed E-state index contributed by atoms with van der Waals surface area (Å²) in [5, 5.41) is 0. The van der Waals surface area contributed by atoms with E-state index < -0.39 is 17.7 Å². The first-order chi connectivity index (χ1) is 9.13. The van der Waals surface area contributed by atoms with Crippen LogP contribution >= 0.6 is 0 Å². The van der Waals surface area contributed by atoms with Gasteiger partial charge in [-0.1, -0.05) is 0 Å². The van der Waals surface area contributed by atoms with Crippen LogP contribution in [0.2, 0.25) is 0 Å². The number of pyridine rings is 1. The quantitative estimate of drug-likeness (QED) is 0.756. The minimum atomic E-state index is -0.679. The Morgan fingerprint density at radius 2 is 2.26 bits per heavy atom. The SMILES string of the molecule is CCOC(=O)CN(C(=O)c1ccncc1F)C1CC1. The van der Waals surface area contributed by atoms with Crippen LogP contribution < -0.4 is 0 Å². The summed E-state index contributed by atoms with van der Waals surface area (Å²) in [5.74, 6) is -1.64.